The molecule has 1 aromatic rings. The van der Waals surface area contributed by atoms with Crippen LogP contribution in [-0.4, -0.2) is 58.9 Å². The fourth-order valence-electron chi connectivity index (χ4n) is 4.13. The zero-order valence-corrected chi connectivity index (χ0v) is 21.0. The van der Waals surface area contributed by atoms with Gasteiger partial charge in [-0.1, -0.05) is 37.5 Å². The minimum atomic E-state index is -1.04. The summed E-state index contributed by atoms with van der Waals surface area (Å²) in [6, 6.07) is 9.74. The number of nitrogens with one attached hydrogen (secondary N) is 2. The van der Waals surface area contributed by atoms with Crippen molar-refractivity contribution in [1.82, 2.24) is 15.5 Å². The lowest BCUT2D eigenvalue weighted by Gasteiger charge is -2.26. The monoisotopic (exact) mass is 546 g/mol. The normalized spacial score (nSPS) is 21.0. The van der Waals surface area contributed by atoms with E-state index in [0.29, 0.717) is 18.2 Å². The van der Waals surface area contributed by atoms with Gasteiger partial charge in [-0.15, -0.1) is 24.0 Å². The topological polar surface area (TPSA) is 73.8 Å². The predicted molar refractivity (Wildman–Crippen MR) is 134 cm³/mol. The molecule has 2 fully saturated rings. The number of benzene rings is 1. The van der Waals surface area contributed by atoms with Crippen molar-refractivity contribution < 1.29 is 9.00 Å². The van der Waals surface area contributed by atoms with Crippen molar-refractivity contribution in [3.63, 3.8) is 0 Å². The summed E-state index contributed by atoms with van der Waals surface area (Å²) in [5, 5.41) is 6.73. The van der Waals surface area contributed by atoms with Gasteiger partial charge in [0, 0.05) is 42.2 Å². The van der Waals surface area contributed by atoms with Crippen molar-refractivity contribution in [2.45, 2.75) is 56.4 Å². The smallest absolute Gasteiger partial charge is 0.225 e. The number of hydrogen-bond acceptors (Lipinski definition) is 3. The van der Waals surface area contributed by atoms with E-state index in [0.717, 1.165) is 49.8 Å². The summed E-state index contributed by atoms with van der Waals surface area (Å²) in [5.74, 6) is 1.82. The zero-order valence-electron chi connectivity index (χ0n) is 17.8. The van der Waals surface area contributed by atoms with Crippen LogP contribution in [0.25, 0.3) is 0 Å². The molecule has 0 aromatic heterocycles. The van der Waals surface area contributed by atoms with Gasteiger partial charge in [0.2, 0.25) is 5.91 Å². The van der Waals surface area contributed by atoms with Gasteiger partial charge in [-0.05, 0) is 38.3 Å². The maximum Gasteiger partial charge on any atom is 0.225 e. The van der Waals surface area contributed by atoms with E-state index in [4.69, 9.17) is 0 Å². The molecule has 2 aliphatic rings. The van der Waals surface area contributed by atoms with Gasteiger partial charge in [0.1, 0.15) is 0 Å². The first kappa shape index (κ1) is 25.1. The third kappa shape index (κ3) is 7.51. The molecule has 2 unspecified atom stereocenters. The molecule has 1 aliphatic heterocycles. The minimum Gasteiger partial charge on any atom is -0.357 e. The van der Waals surface area contributed by atoms with Gasteiger partial charge in [0.05, 0.1) is 17.3 Å². The van der Waals surface area contributed by atoms with Crippen LogP contribution in [-0.2, 0) is 15.6 Å². The molecule has 8 heteroatoms. The number of carbonyl (C=O) groups is 1. The Morgan fingerprint density at radius 1 is 1.17 bits per heavy atom. The number of nitrogens with zero attached hydrogens (tertiary/aromatic N) is 2. The van der Waals surface area contributed by atoms with Crippen molar-refractivity contribution in [2.24, 2.45) is 10.9 Å². The standard InChI is InChI=1S/C22H34N4O2S.HI/c1-2-23-22(24-14-16-29(28)20-11-7-4-8-12-20)25-19-13-15-26(17-19)21(27)18-9-5-3-6-10-18;/h4,7-8,11-12,18-19H,2-3,5-6,9-10,13-17H2,1H3,(H2,23,24,25);1H. The van der Waals surface area contributed by atoms with Crippen LogP contribution < -0.4 is 10.6 Å². The summed E-state index contributed by atoms with van der Waals surface area (Å²) in [7, 11) is -1.04. The molecule has 168 valence electrons. The average molecular weight is 547 g/mol. The van der Waals surface area contributed by atoms with Gasteiger partial charge < -0.3 is 15.5 Å². The molecule has 30 heavy (non-hydrogen) atoms. The number of guanidine groups is 1. The lowest BCUT2D eigenvalue weighted by Crippen LogP contribution is -2.45. The minimum absolute atomic E-state index is 0. The quantitative estimate of drug-likeness (QED) is 0.313. The fourth-order valence-corrected chi connectivity index (χ4v) is 5.08. The third-order valence-electron chi connectivity index (χ3n) is 5.69. The summed E-state index contributed by atoms with van der Waals surface area (Å²) in [5.41, 5.74) is 0. The van der Waals surface area contributed by atoms with E-state index in [1.165, 1.54) is 19.3 Å². The van der Waals surface area contributed by atoms with Gasteiger partial charge in [0.25, 0.3) is 0 Å². The molecule has 0 spiro atoms. The van der Waals surface area contributed by atoms with Crippen molar-refractivity contribution in [3.05, 3.63) is 30.3 Å². The van der Waals surface area contributed by atoms with E-state index in [1.54, 1.807) is 0 Å². The number of halogens is 1. The number of likely N-dealkylation sites (tertiary alicyclic amines) is 1. The second-order valence-electron chi connectivity index (χ2n) is 7.87. The lowest BCUT2D eigenvalue weighted by atomic mass is 9.88. The Morgan fingerprint density at radius 2 is 1.90 bits per heavy atom. The molecule has 1 aliphatic carbocycles. The summed E-state index contributed by atoms with van der Waals surface area (Å²) in [4.78, 5) is 20.2. The van der Waals surface area contributed by atoms with Crippen molar-refractivity contribution >= 4 is 46.6 Å². The molecule has 1 saturated heterocycles. The van der Waals surface area contributed by atoms with Crippen molar-refractivity contribution in [3.8, 4) is 0 Å². The number of carbonyl (C=O) groups excluding carboxylic acids is 1. The van der Waals surface area contributed by atoms with E-state index < -0.39 is 10.8 Å². The molecule has 0 bridgehead atoms. The number of aliphatic imine (C=N–C) groups is 1. The Balaban J connectivity index is 0.00000320. The fraction of sp³-hybridized carbons (Fsp3) is 0.636. The number of hydrogen-bond donors (Lipinski definition) is 2. The maximum absolute atomic E-state index is 12.8. The van der Waals surface area contributed by atoms with Crippen LogP contribution in [0.4, 0.5) is 0 Å². The summed E-state index contributed by atoms with van der Waals surface area (Å²) in [6.07, 6.45) is 6.69. The Hall–Kier alpha value is -1.16. The Morgan fingerprint density at radius 3 is 2.60 bits per heavy atom. The van der Waals surface area contributed by atoms with Crippen molar-refractivity contribution in [1.29, 1.82) is 0 Å². The van der Waals surface area contributed by atoms with E-state index in [2.05, 4.69) is 15.6 Å². The SMILES string of the molecule is CCNC(=NCCS(=O)c1ccccc1)NC1CCN(C(=O)C2CCCCC2)C1.I. The molecule has 1 heterocycles. The summed E-state index contributed by atoms with van der Waals surface area (Å²) >= 11 is 0. The van der Waals surface area contributed by atoms with Gasteiger partial charge in [0.15, 0.2) is 5.96 Å². The average Bonchev–Trinajstić information content (AvgIpc) is 3.23. The molecule has 1 saturated carbocycles. The first-order valence-corrected chi connectivity index (χ1v) is 12.3. The number of amides is 1. The van der Waals surface area contributed by atoms with Gasteiger partial charge in [-0.25, -0.2) is 0 Å². The second-order valence-corrected chi connectivity index (χ2v) is 9.44. The highest BCUT2D eigenvalue weighted by Crippen LogP contribution is 2.26. The van der Waals surface area contributed by atoms with E-state index in [9.17, 15) is 9.00 Å². The molecular formula is C22H35IN4O2S. The highest BCUT2D eigenvalue weighted by Gasteiger charge is 2.31. The first-order chi connectivity index (χ1) is 14.2. The van der Waals surface area contributed by atoms with Gasteiger partial charge >= 0.3 is 0 Å². The van der Waals surface area contributed by atoms with Crippen LogP contribution >= 0.6 is 24.0 Å². The molecule has 2 N–H and O–H groups in total. The van der Waals surface area contributed by atoms with Crippen LogP contribution in [0.5, 0.6) is 0 Å². The molecule has 1 aromatic carbocycles. The predicted octanol–water partition coefficient (Wildman–Crippen LogP) is 3.15. The van der Waals surface area contributed by atoms with Crippen LogP contribution in [0, 0.1) is 5.92 Å². The molecule has 1 amide bonds. The zero-order chi connectivity index (χ0) is 20.5. The number of rotatable bonds is 7. The van der Waals surface area contributed by atoms with E-state index in [1.807, 2.05) is 42.2 Å². The first-order valence-electron chi connectivity index (χ1n) is 10.9. The maximum atomic E-state index is 12.8. The largest absolute Gasteiger partial charge is 0.357 e. The summed E-state index contributed by atoms with van der Waals surface area (Å²) in [6.45, 7) is 4.87. The molecule has 2 atom stereocenters. The Bertz CT molecular complexity index is 710. The van der Waals surface area contributed by atoms with Crippen LogP contribution in [0.1, 0.15) is 45.4 Å². The highest BCUT2D eigenvalue weighted by molar-refractivity contribution is 14.0. The van der Waals surface area contributed by atoms with E-state index in [-0.39, 0.29) is 35.9 Å². The van der Waals surface area contributed by atoms with E-state index >= 15 is 0 Å². The molecule has 3 rings (SSSR count). The summed E-state index contributed by atoms with van der Waals surface area (Å²) < 4.78 is 12.4. The molecular weight excluding hydrogens is 511 g/mol. The third-order valence-corrected chi connectivity index (χ3v) is 7.04. The van der Waals surface area contributed by atoms with Crippen LogP contribution in [0.15, 0.2) is 40.2 Å². The van der Waals surface area contributed by atoms with Gasteiger partial charge in [-0.3, -0.25) is 14.0 Å². The van der Waals surface area contributed by atoms with Crippen LogP contribution in [0.3, 0.4) is 0 Å². The Labute approximate surface area is 200 Å². The van der Waals surface area contributed by atoms with Crippen LogP contribution in [0.2, 0.25) is 0 Å². The molecule has 6 nitrogen and oxygen atoms in total. The molecule has 0 radical (unpaired) electrons. The lowest BCUT2D eigenvalue weighted by molar-refractivity contribution is -0.135. The van der Waals surface area contributed by atoms with Crippen molar-refractivity contribution in [2.75, 3.05) is 31.9 Å². The van der Waals surface area contributed by atoms with Gasteiger partial charge in [-0.2, -0.15) is 0 Å². The second kappa shape index (κ2) is 13.3. The Kier molecular flexibility index (Phi) is 11.1. The highest BCUT2D eigenvalue weighted by atomic mass is 127.